The molecule has 4 rings (SSSR count). The molecule has 0 unspecified atom stereocenters. The summed E-state index contributed by atoms with van der Waals surface area (Å²) in [7, 11) is 0. The van der Waals surface area contributed by atoms with Gasteiger partial charge in [-0.05, 0) is 38.1 Å². The number of para-hydroxylation sites is 1. The SMILES string of the molecule is Cc1cc(C)nc(N2CCN(c3ccc4ccccc4n3)CC2)n1. The van der Waals surface area contributed by atoms with Crippen LogP contribution in [0.1, 0.15) is 11.4 Å². The monoisotopic (exact) mass is 319 g/mol. The third kappa shape index (κ3) is 2.89. The molecule has 0 amide bonds. The van der Waals surface area contributed by atoms with Crippen LogP contribution in [0.25, 0.3) is 10.9 Å². The van der Waals surface area contributed by atoms with E-state index >= 15 is 0 Å². The van der Waals surface area contributed by atoms with E-state index in [-0.39, 0.29) is 0 Å². The molecule has 3 heterocycles. The zero-order valence-electron chi connectivity index (χ0n) is 14.1. The smallest absolute Gasteiger partial charge is 0.225 e. The van der Waals surface area contributed by atoms with Crippen molar-refractivity contribution < 1.29 is 0 Å². The van der Waals surface area contributed by atoms with Gasteiger partial charge in [-0.25, -0.2) is 15.0 Å². The number of nitrogens with zero attached hydrogens (tertiary/aromatic N) is 5. The molecule has 0 aliphatic carbocycles. The van der Waals surface area contributed by atoms with Crippen LogP contribution >= 0.6 is 0 Å². The Kier molecular flexibility index (Phi) is 3.76. The molecule has 3 aromatic rings. The average molecular weight is 319 g/mol. The maximum atomic E-state index is 4.80. The van der Waals surface area contributed by atoms with Gasteiger partial charge >= 0.3 is 0 Å². The Hall–Kier alpha value is -2.69. The number of piperazine rings is 1. The molecule has 24 heavy (non-hydrogen) atoms. The molecule has 0 saturated carbocycles. The van der Waals surface area contributed by atoms with Gasteiger partial charge in [0.05, 0.1) is 5.52 Å². The van der Waals surface area contributed by atoms with Crippen LogP contribution in [0.2, 0.25) is 0 Å². The lowest BCUT2D eigenvalue weighted by Crippen LogP contribution is -2.47. The fourth-order valence-electron chi connectivity index (χ4n) is 3.22. The van der Waals surface area contributed by atoms with E-state index in [0.29, 0.717) is 0 Å². The van der Waals surface area contributed by atoms with Crippen LogP contribution in [0.15, 0.2) is 42.5 Å². The molecule has 1 saturated heterocycles. The highest BCUT2D eigenvalue weighted by Crippen LogP contribution is 2.20. The molecule has 5 heteroatoms. The number of anilines is 2. The molecule has 2 aromatic heterocycles. The third-order valence-corrected chi connectivity index (χ3v) is 4.44. The summed E-state index contributed by atoms with van der Waals surface area (Å²) in [5, 5.41) is 1.18. The summed E-state index contributed by atoms with van der Waals surface area (Å²) in [6.45, 7) is 7.74. The van der Waals surface area contributed by atoms with Gasteiger partial charge in [0.2, 0.25) is 5.95 Å². The van der Waals surface area contributed by atoms with Crippen molar-refractivity contribution in [2.45, 2.75) is 13.8 Å². The summed E-state index contributed by atoms with van der Waals surface area (Å²) in [5.74, 6) is 1.90. The number of aryl methyl sites for hydroxylation is 2. The van der Waals surface area contributed by atoms with Crippen molar-refractivity contribution in [2.75, 3.05) is 36.0 Å². The molecular weight excluding hydrogens is 298 g/mol. The number of benzene rings is 1. The van der Waals surface area contributed by atoms with E-state index in [1.165, 1.54) is 5.39 Å². The Morgan fingerprint density at radius 2 is 1.42 bits per heavy atom. The number of rotatable bonds is 2. The maximum Gasteiger partial charge on any atom is 0.225 e. The standard InChI is InChI=1S/C19H21N5/c1-14-13-15(2)21-19(20-14)24-11-9-23(10-12-24)18-8-7-16-5-3-4-6-17(16)22-18/h3-8,13H,9-12H2,1-2H3. The highest BCUT2D eigenvalue weighted by Gasteiger charge is 2.20. The van der Waals surface area contributed by atoms with Gasteiger partial charge in [0, 0.05) is 43.0 Å². The molecule has 0 spiro atoms. The number of aromatic nitrogens is 3. The highest BCUT2D eigenvalue weighted by molar-refractivity contribution is 5.80. The minimum Gasteiger partial charge on any atom is -0.353 e. The molecule has 1 fully saturated rings. The highest BCUT2D eigenvalue weighted by atomic mass is 15.3. The third-order valence-electron chi connectivity index (χ3n) is 4.44. The summed E-state index contributed by atoms with van der Waals surface area (Å²) >= 11 is 0. The van der Waals surface area contributed by atoms with Gasteiger partial charge in [0.15, 0.2) is 0 Å². The van der Waals surface area contributed by atoms with E-state index in [9.17, 15) is 0 Å². The number of hydrogen-bond acceptors (Lipinski definition) is 5. The normalized spacial score (nSPS) is 15.1. The van der Waals surface area contributed by atoms with Crippen molar-refractivity contribution in [1.82, 2.24) is 15.0 Å². The van der Waals surface area contributed by atoms with Gasteiger partial charge in [-0.2, -0.15) is 0 Å². The van der Waals surface area contributed by atoms with E-state index in [0.717, 1.165) is 54.8 Å². The number of fused-ring (bicyclic) bond motifs is 1. The molecule has 1 aliphatic rings. The summed E-state index contributed by atoms with van der Waals surface area (Å²) in [5.41, 5.74) is 3.10. The zero-order valence-corrected chi connectivity index (χ0v) is 14.1. The van der Waals surface area contributed by atoms with Gasteiger partial charge in [-0.3, -0.25) is 0 Å². The molecule has 0 N–H and O–H groups in total. The lowest BCUT2D eigenvalue weighted by Gasteiger charge is -2.35. The van der Waals surface area contributed by atoms with E-state index in [4.69, 9.17) is 4.98 Å². The number of pyridine rings is 1. The van der Waals surface area contributed by atoms with Crippen LogP contribution in [0.5, 0.6) is 0 Å². The van der Waals surface area contributed by atoms with Gasteiger partial charge in [0.25, 0.3) is 0 Å². The van der Waals surface area contributed by atoms with Crippen molar-refractivity contribution in [3.63, 3.8) is 0 Å². The molecular formula is C19H21N5. The summed E-state index contributed by atoms with van der Waals surface area (Å²) < 4.78 is 0. The Morgan fingerprint density at radius 1 is 0.750 bits per heavy atom. The van der Waals surface area contributed by atoms with Crippen molar-refractivity contribution in [1.29, 1.82) is 0 Å². The minimum absolute atomic E-state index is 0.846. The number of hydrogen-bond donors (Lipinski definition) is 0. The minimum atomic E-state index is 0.846. The summed E-state index contributed by atoms with van der Waals surface area (Å²) in [4.78, 5) is 18.6. The first-order valence-electron chi connectivity index (χ1n) is 8.37. The Bertz CT molecular complexity index is 848. The zero-order chi connectivity index (χ0) is 16.5. The Morgan fingerprint density at radius 3 is 2.17 bits per heavy atom. The topological polar surface area (TPSA) is 45.2 Å². The second kappa shape index (κ2) is 6.07. The van der Waals surface area contributed by atoms with Crippen molar-refractivity contribution in [3.05, 3.63) is 53.9 Å². The molecule has 0 radical (unpaired) electrons. The molecule has 122 valence electrons. The lowest BCUT2D eigenvalue weighted by molar-refractivity contribution is 0.633. The molecule has 5 nitrogen and oxygen atoms in total. The first kappa shape index (κ1) is 14.9. The second-order valence-electron chi connectivity index (χ2n) is 6.29. The van der Waals surface area contributed by atoms with E-state index < -0.39 is 0 Å². The summed E-state index contributed by atoms with van der Waals surface area (Å²) in [6.07, 6.45) is 0. The molecule has 0 bridgehead atoms. The van der Waals surface area contributed by atoms with E-state index in [1.807, 2.05) is 32.0 Å². The fraction of sp³-hybridized carbons (Fsp3) is 0.316. The van der Waals surface area contributed by atoms with Gasteiger partial charge in [0.1, 0.15) is 5.82 Å². The van der Waals surface area contributed by atoms with Gasteiger partial charge < -0.3 is 9.80 Å². The predicted octanol–water partition coefficient (Wildman–Crippen LogP) is 2.97. The van der Waals surface area contributed by atoms with Gasteiger partial charge in [-0.15, -0.1) is 0 Å². The average Bonchev–Trinajstić information content (AvgIpc) is 2.61. The summed E-state index contributed by atoms with van der Waals surface area (Å²) in [6, 6.07) is 14.5. The van der Waals surface area contributed by atoms with Crippen LogP contribution in [0.3, 0.4) is 0 Å². The lowest BCUT2D eigenvalue weighted by atomic mass is 10.2. The van der Waals surface area contributed by atoms with E-state index in [2.05, 4.69) is 44.0 Å². The van der Waals surface area contributed by atoms with Crippen molar-refractivity contribution >= 4 is 22.7 Å². The predicted molar refractivity (Wildman–Crippen MR) is 97.7 cm³/mol. The van der Waals surface area contributed by atoms with Crippen molar-refractivity contribution in [3.8, 4) is 0 Å². The maximum absolute atomic E-state index is 4.80. The van der Waals surface area contributed by atoms with Crippen LogP contribution in [-0.4, -0.2) is 41.1 Å². The van der Waals surface area contributed by atoms with Crippen LogP contribution < -0.4 is 9.80 Å². The Labute approximate surface area is 142 Å². The van der Waals surface area contributed by atoms with Crippen LogP contribution in [0.4, 0.5) is 11.8 Å². The van der Waals surface area contributed by atoms with E-state index in [1.54, 1.807) is 0 Å². The van der Waals surface area contributed by atoms with Crippen molar-refractivity contribution in [2.24, 2.45) is 0 Å². The molecule has 1 aliphatic heterocycles. The molecule has 1 aromatic carbocycles. The van der Waals surface area contributed by atoms with Crippen LogP contribution in [-0.2, 0) is 0 Å². The second-order valence-corrected chi connectivity index (χ2v) is 6.29. The van der Waals surface area contributed by atoms with Gasteiger partial charge in [-0.1, -0.05) is 18.2 Å². The van der Waals surface area contributed by atoms with Crippen LogP contribution in [0, 0.1) is 13.8 Å². The fourth-order valence-corrected chi connectivity index (χ4v) is 3.22. The Balaban J connectivity index is 1.50. The molecule has 0 atom stereocenters. The first-order chi connectivity index (χ1) is 11.7. The quantitative estimate of drug-likeness (QED) is 0.726. The largest absolute Gasteiger partial charge is 0.353 e. The first-order valence-corrected chi connectivity index (χ1v) is 8.37.